The van der Waals surface area contributed by atoms with E-state index in [4.69, 9.17) is 10.5 Å². The van der Waals surface area contributed by atoms with E-state index in [9.17, 15) is 14.7 Å². The fraction of sp³-hybridized carbons (Fsp3) is 0.476. The van der Waals surface area contributed by atoms with Crippen LogP contribution in [0.4, 0.5) is 4.79 Å². The molecule has 8 heteroatoms. The highest BCUT2D eigenvalue weighted by Crippen LogP contribution is 2.34. The molecule has 4 N–H and O–H groups in total. The number of benzene rings is 1. The summed E-state index contributed by atoms with van der Waals surface area (Å²) >= 11 is 0. The van der Waals surface area contributed by atoms with Crippen LogP contribution >= 0.6 is 0 Å². The highest BCUT2D eigenvalue weighted by atomic mass is 16.6. The Balaban J connectivity index is 1.81. The summed E-state index contributed by atoms with van der Waals surface area (Å²) < 4.78 is 5.13. The van der Waals surface area contributed by atoms with Crippen LogP contribution in [0.15, 0.2) is 36.5 Å². The van der Waals surface area contributed by atoms with E-state index in [-0.39, 0.29) is 12.5 Å². The lowest BCUT2D eigenvalue weighted by Crippen LogP contribution is -2.48. The van der Waals surface area contributed by atoms with Crippen molar-refractivity contribution in [3.63, 3.8) is 0 Å². The van der Waals surface area contributed by atoms with Gasteiger partial charge in [-0.05, 0) is 5.56 Å². The zero-order valence-electron chi connectivity index (χ0n) is 17.0. The van der Waals surface area contributed by atoms with Gasteiger partial charge in [-0.2, -0.15) is 0 Å². The number of aliphatic hydroxyl groups excluding tert-OH is 1. The third-order valence-electron chi connectivity index (χ3n) is 5.01. The molecule has 29 heavy (non-hydrogen) atoms. The molecule has 2 heterocycles. The second kappa shape index (κ2) is 8.24. The highest BCUT2D eigenvalue weighted by Gasteiger charge is 2.44. The van der Waals surface area contributed by atoms with Gasteiger partial charge in [-0.15, -0.1) is 0 Å². The number of aromatic nitrogens is 2. The van der Waals surface area contributed by atoms with Crippen molar-refractivity contribution in [2.75, 3.05) is 6.54 Å². The lowest BCUT2D eigenvalue weighted by molar-refractivity contribution is -0.147. The van der Waals surface area contributed by atoms with Crippen molar-refractivity contribution in [1.82, 2.24) is 14.9 Å². The van der Waals surface area contributed by atoms with Gasteiger partial charge in [0.1, 0.15) is 5.82 Å². The number of nitrogens with two attached hydrogens (primary N) is 1. The van der Waals surface area contributed by atoms with Gasteiger partial charge >= 0.3 is 6.09 Å². The van der Waals surface area contributed by atoms with Crippen LogP contribution in [-0.2, 0) is 16.0 Å². The fourth-order valence-corrected chi connectivity index (χ4v) is 3.63. The maximum absolute atomic E-state index is 13.2. The summed E-state index contributed by atoms with van der Waals surface area (Å²) in [6.45, 7) is 5.54. The standard InChI is InChI=1S/C21H28N4O4/c1-21(2,3)17(29-20(22)28)19(27)25-12-15(26)10-16(25)18-23-11-14(24-18)9-13-7-5-4-6-8-13/h4-8,11,15-17,26H,9-10,12H2,1-3H3,(H2,22,28)(H,23,24)/t15-,16+,17?/m1/s1. The molecule has 1 aromatic carbocycles. The molecule has 2 aromatic rings. The van der Waals surface area contributed by atoms with E-state index >= 15 is 0 Å². The largest absolute Gasteiger partial charge is 0.436 e. The van der Waals surface area contributed by atoms with Gasteiger partial charge in [0.05, 0.1) is 12.1 Å². The number of carbonyl (C=O) groups is 2. The molecule has 156 valence electrons. The van der Waals surface area contributed by atoms with Crippen LogP contribution in [0.25, 0.3) is 0 Å². The topological polar surface area (TPSA) is 122 Å². The van der Waals surface area contributed by atoms with Crippen LogP contribution in [0, 0.1) is 5.41 Å². The number of hydrogen-bond donors (Lipinski definition) is 3. The predicted molar refractivity (Wildman–Crippen MR) is 107 cm³/mol. The van der Waals surface area contributed by atoms with E-state index < -0.39 is 29.8 Å². The normalized spacial score (nSPS) is 20.5. The SMILES string of the molecule is CC(C)(C)C(OC(N)=O)C(=O)N1C[C@H](O)C[C@H]1c1ncc(Cc2ccccc2)[nH]1. The first-order valence-corrected chi connectivity index (χ1v) is 9.67. The van der Waals surface area contributed by atoms with Gasteiger partial charge in [-0.1, -0.05) is 51.1 Å². The molecule has 1 aliphatic heterocycles. The van der Waals surface area contributed by atoms with Crippen LogP contribution in [-0.4, -0.2) is 50.7 Å². The number of carbonyl (C=O) groups excluding carboxylic acids is 2. The van der Waals surface area contributed by atoms with Crippen molar-refractivity contribution in [1.29, 1.82) is 0 Å². The molecule has 0 aliphatic carbocycles. The maximum atomic E-state index is 13.2. The number of rotatable bonds is 5. The lowest BCUT2D eigenvalue weighted by Gasteiger charge is -2.33. The van der Waals surface area contributed by atoms with Gasteiger partial charge in [-0.3, -0.25) is 4.79 Å². The average Bonchev–Trinajstić information content (AvgIpc) is 3.25. The van der Waals surface area contributed by atoms with Crippen LogP contribution < -0.4 is 5.73 Å². The molecule has 3 atom stereocenters. The van der Waals surface area contributed by atoms with Crippen LogP contribution in [0.1, 0.15) is 50.3 Å². The Morgan fingerprint density at radius 2 is 2.03 bits per heavy atom. The molecule has 8 nitrogen and oxygen atoms in total. The number of aliphatic hydroxyl groups is 1. The summed E-state index contributed by atoms with van der Waals surface area (Å²) in [7, 11) is 0. The molecule has 1 fully saturated rings. The van der Waals surface area contributed by atoms with E-state index in [1.165, 1.54) is 4.90 Å². The molecule has 0 saturated carbocycles. The highest BCUT2D eigenvalue weighted by molar-refractivity contribution is 5.84. The summed E-state index contributed by atoms with van der Waals surface area (Å²) in [4.78, 5) is 33.8. The summed E-state index contributed by atoms with van der Waals surface area (Å²) in [5.41, 5.74) is 6.59. The summed E-state index contributed by atoms with van der Waals surface area (Å²) in [6, 6.07) is 9.56. The Hall–Kier alpha value is -2.87. The van der Waals surface area contributed by atoms with Crippen molar-refractivity contribution >= 4 is 12.0 Å². The van der Waals surface area contributed by atoms with E-state index in [2.05, 4.69) is 9.97 Å². The van der Waals surface area contributed by atoms with Gasteiger partial charge in [0, 0.05) is 36.7 Å². The second-order valence-electron chi connectivity index (χ2n) is 8.53. The van der Waals surface area contributed by atoms with E-state index in [1.807, 2.05) is 30.3 Å². The van der Waals surface area contributed by atoms with Gasteiger partial charge in [0.2, 0.25) is 0 Å². The van der Waals surface area contributed by atoms with Crippen molar-refractivity contribution in [3.05, 3.63) is 53.6 Å². The number of imidazole rings is 1. The number of nitrogens with one attached hydrogen (secondary N) is 1. The van der Waals surface area contributed by atoms with Crippen LogP contribution in [0.5, 0.6) is 0 Å². The Labute approximate surface area is 170 Å². The van der Waals surface area contributed by atoms with Crippen molar-refractivity contribution in [2.24, 2.45) is 11.1 Å². The molecule has 2 amide bonds. The summed E-state index contributed by atoms with van der Waals surface area (Å²) in [6.07, 6.45) is 0.0610. The van der Waals surface area contributed by atoms with E-state index in [0.717, 1.165) is 11.3 Å². The molecule has 0 bridgehead atoms. The number of β-amino-alcohol motifs (C(OH)–C–C–N with tert-alkyl or cyclic N) is 1. The van der Waals surface area contributed by atoms with E-state index in [1.54, 1.807) is 27.0 Å². The van der Waals surface area contributed by atoms with Gasteiger partial charge in [0.15, 0.2) is 6.10 Å². The predicted octanol–water partition coefficient (Wildman–Crippen LogP) is 2.14. The number of likely N-dealkylation sites (tertiary alicyclic amines) is 1. The second-order valence-corrected chi connectivity index (χ2v) is 8.53. The maximum Gasteiger partial charge on any atom is 0.405 e. The monoisotopic (exact) mass is 400 g/mol. The minimum atomic E-state index is -1.05. The summed E-state index contributed by atoms with van der Waals surface area (Å²) in [5.74, 6) is 0.214. The Morgan fingerprint density at radius 3 is 2.66 bits per heavy atom. The Morgan fingerprint density at radius 1 is 1.34 bits per heavy atom. The lowest BCUT2D eigenvalue weighted by atomic mass is 9.88. The number of aromatic amines is 1. The Kier molecular flexibility index (Phi) is 5.93. The van der Waals surface area contributed by atoms with Gasteiger partial charge < -0.3 is 25.5 Å². The molecule has 3 rings (SSSR count). The third-order valence-corrected chi connectivity index (χ3v) is 5.01. The Bertz CT molecular complexity index is 859. The number of ether oxygens (including phenoxy) is 1. The molecule has 1 aliphatic rings. The molecule has 1 aromatic heterocycles. The van der Waals surface area contributed by atoms with Crippen molar-refractivity contribution in [2.45, 2.75) is 51.9 Å². The number of H-pyrrole nitrogens is 1. The molecule has 1 unspecified atom stereocenters. The molecule has 1 saturated heterocycles. The molecular weight excluding hydrogens is 372 g/mol. The quantitative estimate of drug-likeness (QED) is 0.710. The minimum absolute atomic E-state index is 0.146. The number of primary amides is 1. The van der Waals surface area contributed by atoms with Crippen LogP contribution in [0.2, 0.25) is 0 Å². The number of amides is 2. The van der Waals surface area contributed by atoms with Crippen molar-refractivity contribution in [3.8, 4) is 0 Å². The van der Waals surface area contributed by atoms with Gasteiger partial charge in [0.25, 0.3) is 5.91 Å². The summed E-state index contributed by atoms with van der Waals surface area (Å²) in [5, 5.41) is 10.2. The first kappa shape index (κ1) is 20.9. The fourth-order valence-electron chi connectivity index (χ4n) is 3.63. The van der Waals surface area contributed by atoms with Crippen LogP contribution in [0.3, 0.4) is 0 Å². The van der Waals surface area contributed by atoms with Crippen molar-refractivity contribution < 1.29 is 19.4 Å². The number of nitrogens with zero attached hydrogens (tertiary/aromatic N) is 2. The molecule has 0 radical (unpaired) electrons. The number of hydrogen-bond acceptors (Lipinski definition) is 5. The zero-order chi connectivity index (χ0) is 21.2. The third kappa shape index (κ3) is 4.95. The smallest absolute Gasteiger partial charge is 0.405 e. The zero-order valence-corrected chi connectivity index (χ0v) is 17.0. The first-order chi connectivity index (χ1) is 13.6. The molecule has 0 spiro atoms. The molecular formula is C21H28N4O4. The van der Waals surface area contributed by atoms with Gasteiger partial charge in [-0.25, -0.2) is 9.78 Å². The first-order valence-electron chi connectivity index (χ1n) is 9.67. The minimum Gasteiger partial charge on any atom is -0.436 e. The average molecular weight is 400 g/mol. The van der Waals surface area contributed by atoms with E-state index in [0.29, 0.717) is 18.7 Å².